The second-order valence-electron chi connectivity index (χ2n) is 4.10. The lowest BCUT2D eigenvalue weighted by molar-refractivity contribution is 0.344. The summed E-state index contributed by atoms with van der Waals surface area (Å²) in [6.07, 6.45) is 0. The van der Waals surface area contributed by atoms with Gasteiger partial charge in [0.1, 0.15) is 5.75 Å². The van der Waals surface area contributed by atoms with Crippen molar-refractivity contribution in [3.63, 3.8) is 0 Å². The van der Waals surface area contributed by atoms with E-state index in [2.05, 4.69) is 0 Å². The van der Waals surface area contributed by atoms with E-state index in [-0.39, 0.29) is 0 Å². The summed E-state index contributed by atoms with van der Waals surface area (Å²) in [5, 5.41) is 18.9. The lowest BCUT2D eigenvalue weighted by atomic mass is 9.80. The first kappa shape index (κ1) is 15.3. The molecule has 2 N–H and O–H groups in total. The van der Waals surface area contributed by atoms with Crippen molar-refractivity contribution in [1.82, 2.24) is 0 Å². The Morgan fingerprint density at radius 1 is 1.10 bits per heavy atom. The van der Waals surface area contributed by atoms with E-state index in [1.54, 1.807) is 36.0 Å². The van der Waals surface area contributed by atoms with E-state index < -0.39 is 7.12 Å². The van der Waals surface area contributed by atoms with E-state index in [0.29, 0.717) is 17.8 Å². The van der Waals surface area contributed by atoms with Gasteiger partial charge in [-0.05, 0) is 35.8 Å². The summed E-state index contributed by atoms with van der Waals surface area (Å²) < 4.78 is 5.57. The van der Waals surface area contributed by atoms with Crippen molar-refractivity contribution in [1.29, 1.82) is 0 Å². The summed E-state index contributed by atoms with van der Waals surface area (Å²) in [4.78, 5) is 1.10. The van der Waals surface area contributed by atoms with Gasteiger partial charge >= 0.3 is 7.12 Å². The third-order valence-electron chi connectivity index (χ3n) is 2.57. The lowest BCUT2D eigenvalue weighted by Gasteiger charge is -2.08. The maximum Gasteiger partial charge on any atom is 0.488 e. The molecule has 0 aliphatic heterocycles. The van der Waals surface area contributed by atoms with Crippen LogP contribution in [0.4, 0.5) is 0 Å². The van der Waals surface area contributed by atoms with Crippen LogP contribution in [-0.4, -0.2) is 29.5 Å². The van der Waals surface area contributed by atoms with Crippen molar-refractivity contribution in [2.24, 2.45) is 0 Å². The molecule has 0 radical (unpaired) electrons. The molecule has 0 saturated carbocycles. The third kappa shape index (κ3) is 4.76. The highest BCUT2D eigenvalue weighted by molar-refractivity contribution is 7.99. The highest BCUT2D eigenvalue weighted by atomic mass is 35.5. The van der Waals surface area contributed by atoms with Gasteiger partial charge in [-0.3, -0.25) is 0 Å². The summed E-state index contributed by atoms with van der Waals surface area (Å²) >= 11 is 7.56. The lowest BCUT2D eigenvalue weighted by Crippen LogP contribution is -2.29. The second kappa shape index (κ2) is 7.60. The number of ether oxygens (including phenoxy) is 1. The van der Waals surface area contributed by atoms with Gasteiger partial charge in [0.2, 0.25) is 0 Å². The molecule has 0 bridgehead atoms. The van der Waals surface area contributed by atoms with E-state index >= 15 is 0 Å². The molecule has 0 spiro atoms. The van der Waals surface area contributed by atoms with Crippen LogP contribution in [0.3, 0.4) is 0 Å². The predicted octanol–water partition coefficient (Wildman–Crippen LogP) is 2.19. The topological polar surface area (TPSA) is 49.7 Å². The Bertz CT molecular complexity index is 566. The van der Waals surface area contributed by atoms with Gasteiger partial charge in [-0.2, -0.15) is 0 Å². The Morgan fingerprint density at radius 3 is 2.65 bits per heavy atom. The van der Waals surface area contributed by atoms with E-state index in [0.717, 1.165) is 15.7 Å². The number of hydrogen-bond donors (Lipinski definition) is 2. The summed E-state index contributed by atoms with van der Waals surface area (Å²) in [6.45, 7) is 0.530. The van der Waals surface area contributed by atoms with E-state index in [9.17, 15) is 0 Å². The zero-order valence-electron chi connectivity index (χ0n) is 10.7. The Hall–Kier alpha value is -1.14. The Labute approximate surface area is 127 Å². The zero-order chi connectivity index (χ0) is 14.4. The van der Waals surface area contributed by atoms with Gasteiger partial charge in [0.15, 0.2) is 0 Å². The van der Waals surface area contributed by atoms with Gasteiger partial charge in [0.05, 0.1) is 6.61 Å². The van der Waals surface area contributed by atoms with Gasteiger partial charge in [0, 0.05) is 15.7 Å². The molecule has 0 aromatic heterocycles. The molecule has 0 fully saturated rings. The van der Waals surface area contributed by atoms with Crippen LogP contribution in [0, 0.1) is 0 Å². The monoisotopic (exact) mass is 308 g/mol. The van der Waals surface area contributed by atoms with Crippen LogP contribution >= 0.6 is 23.4 Å². The fourth-order valence-electron chi connectivity index (χ4n) is 1.64. The smallest absolute Gasteiger partial charge is 0.488 e. The predicted molar refractivity (Wildman–Crippen MR) is 83.9 cm³/mol. The van der Waals surface area contributed by atoms with Gasteiger partial charge in [-0.1, -0.05) is 29.8 Å². The van der Waals surface area contributed by atoms with Crippen molar-refractivity contribution in [2.75, 3.05) is 12.4 Å². The number of thioether (sulfide) groups is 1. The molecule has 0 atom stereocenters. The highest BCUT2D eigenvalue weighted by Gasteiger charge is 2.10. The molecular weight excluding hydrogens is 294 g/mol. The van der Waals surface area contributed by atoms with Crippen molar-refractivity contribution < 1.29 is 14.8 Å². The minimum Gasteiger partial charge on any atom is -0.493 e. The van der Waals surface area contributed by atoms with E-state index in [1.165, 1.54) is 0 Å². The van der Waals surface area contributed by atoms with E-state index in [4.69, 9.17) is 26.4 Å². The largest absolute Gasteiger partial charge is 0.493 e. The van der Waals surface area contributed by atoms with Crippen LogP contribution in [0.15, 0.2) is 53.4 Å². The first-order chi connectivity index (χ1) is 9.65. The molecular formula is C14H14BClO3S. The Balaban J connectivity index is 1.80. The normalized spacial score (nSPS) is 10.3. The average Bonchev–Trinajstić information content (AvgIpc) is 2.44. The SMILES string of the molecule is OB(O)c1cccc(OCCSc2cccc(Cl)c2)c1. The molecule has 0 aliphatic rings. The van der Waals surface area contributed by atoms with Crippen LogP contribution in [0.5, 0.6) is 5.75 Å². The van der Waals surface area contributed by atoms with E-state index in [1.807, 2.05) is 24.3 Å². The molecule has 2 rings (SSSR count). The molecule has 0 amide bonds. The van der Waals surface area contributed by atoms with Crippen LogP contribution < -0.4 is 10.2 Å². The van der Waals surface area contributed by atoms with Crippen LogP contribution in [-0.2, 0) is 0 Å². The summed E-state index contributed by atoms with van der Waals surface area (Å²) in [7, 11) is -1.47. The molecule has 0 unspecified atom stereocenters. The quantitative estimate of drug-likeness (QED) is 0.488. The van der Waals surface area contributed by atoms with Crippen molar-refractivity contribution in [2.45, 2.75) is 4.90 Å². The molecule has 0 heterocycles. The molecule has 0 saturated heterocycles. The van der Waals surface area contributed by atoms with Crippen molar-refractivity contribution in [3.05, 3.63) is 53.6 Å². The molecule has 6 heteroatoms. The third-order valence-corrected chi connectivity index (χ3v) is 3.77. The van der Waals surface area contributed by atoms with Gasteiger partial charge in [0.25, 0.3) is 0 Å². The van der Waals surface area contributed by atoms with Crippen molar-refractivity contribution >= 4 is 35.9 Å². The second-order valence-corrected chi connectivity index (χ2v) is 5.71. The Kier molecular flexibility index (Phi) is 5.79. The number of hydrogen-bond acceptors (Lipinski definition) is 4. The maximum absolute atomic E-state index is 9.08. The highest BCUT2D eigenvalue weighted by Crippen LogP contribution is 2.21. The summed E-state index contributed by atoms with van der Waals surface area (Å²) in [6, 6.07) is 14.4. The molecule has 2 aromatic rings. The van der Waals surface area contributed by atoms with Gasteiger partial charge < -0.3 is 14.8 Å². The fraction of sp³-hybridized carbons (Fsp3) is 0.143. The first-order valence-corrected chi connectivity index (χ1v) is 7.49. The fourth-order valence-corrected chi connectivity index (χ4v) is 2.68. The Morgan fingerprint density at radius 2 is 1.90 bits per heavy atom. The zero-order valence-corrected chi connectivity index (χ0v) is 12.3. The van der Waals surface area contributed by atoms with Crippen LogP contribution in [0.2, 0.25) is 5.02 Å². The minimum atomic E-state index is -1.47. The average molecular weight is 309 g/mol. The maximum atomic E-state index is 9.08. The van der Waals surface area contributed by atoms with Crippen molar-refractivity contribution in [3.8, 4) is 5.75 Å². The van der Waals surface area contributed by atoms with Gasteiger partial charge in [-0.15, -0.1) is 11.8 Å². The van der Waals surface area contributed by atoms with Crippen LogP contribution in [0.25, 0.3) is 0 Å². The molecule has 2 aromatic carbocycles. The molecule has 3 nitrogen and oxygen atoms in total. The molecule has 104 valence electrons. The van der Waals surface area contributed by atoms with Crippen LogP contribution in [0.1, 0.15) is 0 Å². The first-order valence-electron chi connectivity index (χ1n) is 6.12. The molecule has 0 aliphatic carbocycles. The standard InChI is InChI=1S/C14H14BClO3S/c16-12-4-2-6-14(10-12)20-8-7-19-13-5-1-3-11(9-13)15(17)18/h1-6,9-10,17-18H,7-8H2. The summed E-state index contributed by atoms with van der Waals surface area (Å²) in [5.74, 6) is 1.41. The number of halogens is 1. The molecule has 20 heavy (non-hydrogen) atoms. The number of rotatable bonds is 6. The summed E-state index contributed by atoms with van der Waals surface area (Å²) in [5.41, 5.74) is 0.421. The minimum absolute atomic E-state index is 0.421. The number of benzene rings is 2. The van der Waals surface area contributed by atoms with Gasteiger partial charge in [-0.25, -0.2) is 0 Å².